The highest BCUT2D eigenvalue weighted by atomic mass is 16.5. The maximum absolute atomic E-state index is 9.14. The zero-order valence-electron chi connectivity index (χ0n) is 10.8. The molecule has 1 aromatic rings. The molecule has 1 unspecified atom stereocenters. The van der Waals surface area contributed by atoms with Crippen LogP contribution < -0.4 is 4.74 Å². The van der Waals surface area contributed by atoms with E-state index in [0.29, 0.717) is 12.5 Å². The SMILES string of the molecule is COc1c(CN2CCC(CO)C2)c(C)nn1C. The van der Waals surface area contributed by atoms with Crippen molar-refractivity contribution in [2.75, 3.05) is 26.8 Å². The zero-order chi connectivity index (χ0) is 12.4. The minimum absolute atomic E-state index is 0.291. The van der Waals surface area contributed by atoms with E-state index in [1.165, 1.54) is 0 Å². The van der Waals surface area contributed by atoms with Gasteiger partial charge in [-0.3, -0.25) is 4.90 Å². The molecule has 0 amide bonds. The van der Waals surface area contributed by atoms with E-state index in [-0.39, 0.29) is 0 Å². The van der Waals surface area contributed by atoms with Crippen molar-refractivity contribution < 1.29 is 9.84 Å². The fourth-order valence-electron chi connectivity index (χ4n) is 2.55. The van der Waals surface area contributed by atoms with Crippen LogP contribution in [0.4, 0.5) is 0 Å². The van der Waals surface area contributed by atoms with E-state index in [0.717, 1.165) is 43.2 Å². The summed E-state index contributed by atoms with van der Waals surface area (Å²) in [4.78, 5) is 2.35. The van der Waals surface area contributed by atoms with E-state index in [2.05, 4.69) is 10.00 Å². The number of aryl methyl sites for hydroxylation is 2. The first-order valence-corrected chi connectivity index (χ1v) is 6.05. The number of aromatic nitrogens is 2. The van der Waals surface area contributed by atoms with Crippen molar-refractivity contribution in [2.45, 2.75) is 19.9 Å². The smallest absolute Gasteiger partial charge is 0.216 e. The quantitative estimate of drug-likeness (QED) is 0.833. The van der Waals surface area contributed by atoms with Gasteiger partial charge in [0.1, 0.15) is 0 Å². The molecule has 5 heteroatoms. The first-order chi connectivity index (χ1) is 8.15. The summed E-state index contributed by atoms with van der Waals surface area (Å²) >= 11 is 0. The molecular weight excluding hydrogens is 218 g/mol. The highest BCUT2D eigenvalue weighted by Crippen LogP contribution is 2.25. The summed E-state index contributed by atoms with van der Waals surface area (Å²) in [5.41, 5.74) is 2.19. The molecule has 0 radical (unpaired) electrons. The predicted molar refractivity (Wildman–Crippen MR) is 65.0 cm³/mol. The number of rotatable bonds is 4. The van der Waals surface area contributed by atoms with E-state index < -0.39 is 0 Å². The molecule has 2 heterocycles. The minimum atomic E-state index is 0.291. The van der Waals surface area contributed by atoms with Gasteiger partial charge in [0.15, 0.2) is 0 Å². The van der Waals surface area contributed by atoms with Crippen LogP contribution in [0.25, 0.3) is 0 Å². The average Bonchev–Trinajstić information content (AvgIpc) is 2.85. The first-order valence-electron chi connectivity index (χ1n) is 6.05. The van der Waals surface area contributed by atoms with Crippen LogP contribution in [0.1, 0.15) is 17.7 Å². The molecule has 0 aromatic carbocycles. The summed E-state index contributed by atoms with van der Waals surface area (Å²) in [5.74, 6) is 1.27. The molecule has 2 rings (SSSR count). The lowest BCUT2D eigenvalue weighted by molar-refractivity contribution is 0.219. The molecule has 1 aliphatic heterocycles. The normalized spacial score (nSPS) is 21.1. The molecule has 1 N–H and O–H groups in total. The maximum Gasteiger partial charge on any atom is 0.216 e. The Morgan fingerprint density at radius 2 is 2.29 bits per heavy atom. The fourth-order valence-corrected chi connectivity index (χ4v) is 2.55. The van der Waals surface area contributed by atoms with Crippen molar-refractivity contribution in [3.8, 4) is 5.88 Å². The molecule has 0 saturated carbocycles. The van der Waals surface area contributed by atoms with Crippen LogP contribution in [0.15, 0.2) is 0 Å². The number of hydrogen-bond acceptors (Lipinski definition) is 4. The van der Waals surface area contributed by atoms with Crippen LogP contribution >= 0.6 is 0 Å². The molecule has 96 valence electrons. The van der Waals surface area contributed by atoms with Crippen molar-refractivity contribution >= 4 is 0 Å². The van der Waals surface area contributed by atoms with Crippen LogP contribution in [0, 0.1) is 12.8 Å². The van der Waals surface area contributed by atoms with Gasteiger partial charge >= 0.3 is 0 Å². The molecule has 0 bridgehead atoms. The Morgan fingerprint density at radius 1 is 1.53 bits per heavy atom. The molecule has 1 saturated heterocycles. The monoisotopic (exact) mass is 239 g/mol. The Morgan fingerprint density at radius 3 is 2.88 bits per heavy atom. The molecular formula is C12H21N3O2. The summed E-state index contributed by atoms with van der Waals surface area (Å²) in [7, 11) is 3.58. The van der Waals surface area contributed by atoms with Gasteiger partial charge in [0.2, 0.25) is 5.88 Å². The largest absolute Gasteiger partial charge is 0.481 e. The number of aliphatic hydroxyl groups is 1. The molecule has 1 atom stereocenters. The lowest BCUT2D eigenvalue weighted by Gasteiger charge is -2.16. The van der Waals surface area contributed by atoms with Crippen LogP contribution in [0.5, 0.6) is 5.88 Å². The van der Waals surface area contributed by atoms with E-state index in [9.17, 15) is 0 Å². The van der Waals surface area contributed by atoms with Crippen LogP contribution in [-0.4, -0.2) is 46.6 Å². The number of ether oxygens (including phenoxy) is 1. The third-order valence-electron chi connectivity index (χ3n) is 3.49. The Kier molecular flexibility index (Phi) is 3.69. The molecule has 5 nitrogen and oxygen atoms in total. The second kappa shape index (κ2) is 5.06. The maximum atomic E-state index is 9.14. The Labute approximate surface area is 102 Å². The Bertz CT molecular complexity index is 389. The van der Waals surface area contributed by atoms with Crippen molar-refractivity contribution in [3.05, 3.63) is 11.3 Å². The van der Waals surface area contributed by atoms with E-state index >= 15 is 0 Å². The van der Waals surface area contributed by atoms with Crippen LogP contribution in [0.3, 0.4) is 0 Å². The van der Waals surface area contributed by atoms with Gasteiger partial charge in [0.05, 0.1) is 18.4 Å². The molecule has 0 spiro atoms. The molecule has 1 fully saturated rings. The van der Waals surface area contributed by atoms with Crippen molar-refractivity contribution in [1.29, 1.82) is 0 Å². The Hall–Kier alpha value is -1.07. The fraction of sp³-hybridized carbons (Fsp3) is 0.750. The molecule has 17 heavy (non-hydrogen) atoms. The molecule has 1 aliphatic rings. The topological polar surface area (TPSA) is 50.5 Å². The van der Waals surface area contributed by atoms with Gasteiger partial charge in [0.25, 0.3) is 0 Å². The third kappa shape index (κ3) is 2.45. The number of hydrogen-bond donors (Lipinski definition) is 1. The highest BCUT2D eigenvalue weighted by Gasteiger charge is 2.24. The summed E-state index contributed by atoms with van der Waals surface area (Å²) in [6.07, 6.45) is 1.08. The van der Waals surface area contributed by atoms with Gasteiger partial charge in [-0.2, -0.15) is 5.10 Å². The van der Waals surface area contributed by atoms with E-state index in [4.69, 9.17) is 9.84 Å². The van der Waals surface area contributed by atoms with Gasteiger partial charge in [0, 0.05) is 26.7 Å². The van der Waals surface area contributed by atoms with E-state index in [1.54, 1.807) is 11.8 Å². The molecule has 0 aliphatic carbocycles. The second-order valence-corrected chi connectivity index (χ2v) is 4.77. The predicted octanol–water partition coefficient (Wildman–Crippen LogP) is 0.551. The number of nitrogens with zero attached hydrogens (tertiary/aromatic N) is 3. The summed E-state index contributed by atoms with van der Waals surface area (Å²) in [6, 6.07) is 0. The van der Waals surface area contributed by atoms with Crippen LogP contribution in [0.2, 0.25) is 0 Å². The summed E-state index contributed by atoms with van der Waals surface area (Å²) < 4.78 is 7.17. The standard InChI is InChI=1S/C12H21N3O2/c1-9-11(12(17-3)14(2)13-9)7-15-5-4-10(6-15)8-16/h10,16H,4-8H2,1-3H3. The van der Waals surface area contributed by atoms with Gasteiger partial charge in [-0.15, -0.1) is 0 Å². The second-order valence-electron chi connectivity index (χ2n) is 4.77. The minimum Gasteiger partial charge on any atom is -0.481 e. The highest BCUT2D eigenvalue weighted by molar-refractivity contribution is 5.30. The first kappa shape index (κ1) is 12.4. The third-order valence-corrected chi connectivity index (χ3v) is 3.49. The lowest BCUT2D eigenvalue weighted by Crippen LogP contribution is -2.21. The molecule has 1 aromatic heterocycles. The zero-order valence-corrected chi connectivity index (χ0v) is 10.8. The van der Waals surface area contributed by atoms with Gasteiger partial charge in [-0.1, -0.05) is 0 Å². The summed E-state index contributed by atoms with van der Waals surface area (Å²) in [6.45, 7) is 5.17. The average molecular weight is 239 g/mol. The van der Waals surface area contributed by atoms with Gasteiger partial charge in [-0.05, 0) is 25.8 Å². The van der Waals surface area contributed by atoms with Gasteiger partial charge < -0.3 is 9.84 Å². The number of likely N-dealkylation sites (tertiary alicyclic amines) is 1. The van der Waals surface area contributed by atoms with Crippen LogP contribution in [-0.2, 0) is 13.6 Å². The van der Waals surface area contributed by atoms with E-state index in [1.807, 2.05) is 14.0 Å². The summed E-state index contributed by atoms with van der Waals surface area (Å²) in [5, 5.41) is 13.5. The van der Waals surface area contributed by atoms with Crippen molar-refractivity contribution in [3.63, 3.8) is 0 Å². The number of aliphatic hydroxyl groups excluding tert-OH is 1. The van der Waals surface area contributed by atoms with Crippen molar-refractivity contribution in [1.82, 2.24) is 14.7 Å². The van der Waals surface area contributed by atoms with Crippen molar-refractivity contribution in [2.24, 2.45) is 13.0 Å². The van der Waals surface area contributed by atoms with Gasteiger partial charge in [-0.25, -0.2) is 4.68 Å². The lowest BCUT2D eigenvalue weighted by atomic mass is 10.1. The number of methoxy groups -OCH3 is 1. The Balaban J connectivity index is 2.08.